The molecule has 0 aromatic heterocycles. The zero-order chi connectivity index (χ0) is 11.4. The van der Waals surface area contributed by atoms with Gasteiger partial charge in [-0.3, -0.25) is 0 Å². The molecule has 3 nitrogen and oxygen atoms in total. The number of ether oxygens (including phenoxy) is 1. The standard InChI is InChI=1S/C13H20N2O/c1-15(10-11-5-6-11)7-8-16-13-4-2-3-12(14)9-13/h2-4,9,11H,5-8,10,14H2,1H3. The molecule has 1 aromatic carbocycles. The molecule has 0 saturated heterocycles. The number of rotatable bonds is 6. The first-order chi connectivity index (χ1) is 7.74. The summed E-state index contributed by atoms with van der Waals surface area (Å²) in [6.07, 6.45) is 2.81. The number of hydrogen-bond acceptors (Lipinski definition) is 3. The highest BCUT2D eigenvalue weighted by molar-refractivity contribution is 5.43. The smallest absolute Gasteiger partial charge is 0.121 e. The van der Waals surface area contributed by atoms with Crippen LogP contribution in [0, 0.1) is 5.92 Å². The average Bonchev–Trinajstić information content (AvgIpc) is 3.02. The van der Waals surface area contributed by atoms with Gasteiger partial charge >= 0.3 is 0 Å². The van der Waals surface area contributed by atoms with Gasteiger partial charge in [0.1, 0.15) is 12.4 Å². The molecule has 0 unspecified atom stereocenters. The molecule has 1 aromatic rings. The first kappa shape index (κ1) is 11.3. The van der Waals surface area contributed by atoms with Gasteiger partial charge in [0.25, 0.3) is 0 Å². The molecule has 16 heavy (non-hydrogen) atoms. The lowest BCUT2D eigenvalue weighted by molar-refractivity contribution is 0.232. The van der Waals surface area contributed by atoms with E-state index in [1.807, 2.05) is 24.3 Å². The van der Waals surface area contributed by atoms with Crippen molar-refractivity contribution in [1.82, 2.24) is 4.90 Å². The Morgan fingerprint density at radius 1 is 1.44 bits per heavy atom. The van der Waals surface area contributed by atoms with Crippen LogP contribution in [-0.2, 0) is 0 Å². The maximum Gasteiger partial charge on any atom is 0.121 e. The second kappa shape index (κ2) is 5.21. The molecule has 2 N–H and O–H groups in total. The van der Waals surface area contributed by atoms with Crippen molar-refractivity contribution in [3.8, 4) is 5.75 Å². The molecule has 1 aliphatic rings. The van der Waals surface area contributed by atoms with Crippen molar-refractivity contribution >= 4 is 5.69 Å². The first-order valence-corrected chi connectivity index (χ1v) is 5.91. The number of nitrogen functional groups attached to an aromatic ring is 1. The van der Waals surface area contributed by atoms with E-state index in [-0.39, 0.29) is 0 Å². The highest BCUT2D eigenvalue weighted by Gasteiger charge is 2.22. The minimum atomic E-state index is 0.729. The Morgan fingerprint density at radius 3 is 2.94 bits per heavy atom. The minimum absolute atomic E-state index is 0.729. The summed E-state index contributed by atoms with van der Waals surface area (Å²) in [7, 11) is 2.15. The summed E-state index contributed by atoms with van der Waals surface area (Å²) in [4.78, 5) is 2.34. The van der Waals surface area contributed by atoms with Crippen LogP contribution in [0.2, 0.25) is 0 Å². The lowest BCUT2D eigenvalue weighted by Crippen LogP contribution is -2.26. The van der Waals surface area contributed by atoms with Crippen LogP contribution in [-0.4, -0.2) is 31.6 Å². The van der Waals surface area contributed by atoms with Crippen LogP contribution in [0.25, 0.3) is 0 Å². The van der Waals surface area contributed by atoms with Gasteiger partial charge in [0.15, 0.2) is 0 Å². The molecule has 1 aliphatic carbocycles. The number of anilines is 1. The molecule has 0 amide bonds. The molecule has 0 atom stereocenters. The van der Waals surface area contributed by atoms with E-state index >= 15 is 0 Å². The van der Waals surface area contributed by atoms with Gasteiger partial charge < -0.3 is 15.4 Å². The predicted octanol–water partition coefficient (Wildman–Crippen LogP) is 1.99. The molecule has 0 spiro atoms. The van der Waals surface area contributed by atoms with Crippen LogP contribution in [0.4, 0.5) is 5.69 Å². The maximum atomic E-state index is 5.67. The molecule has 2 rings (SSSR count). The fourth-order valence-electron chi connectivity index (χ4n) is 1.76. The lowest BCUT2D eigenvalue weighted by Gasteiger charge is -2.16. The highest BCUT2D eigenvalue weighted by atomic mass is 16.5. The van der Waals surface area contributed by atoms with Crippen LogP contribution >= 0.6 is 0 Å². The van der Waals surface area contributed by atoms with E-state index in [1.54, 1.807) is 0 Å². The van der Waals surface area contributed by atoms with Crippen molar-refractivity contribution in [3.63, 3.8) is 0 Å². The quantitative estimate of drug-likeness (QED) is 0.745. The van der Waals surface area contributed by atoms with Crippen molar-refractivity contribution in [3.05, 3.63) is 24.3 Å². The topological polar surface area (TPSA) is 38.5 Å². The van der Waals surface area contributed by atoms with E-state index in [0.29, 0.717) is 0 Å². The summed E-state index contributed by atoms with van der Waals surface area (Å²) in [5.41, 5.74) is 6.43. The summed E-state index contributed by atoms with van der Waals surface area (Å²) in [5.74, 6) is 1.80. The molecule has 3 heteroatoms. The zero-order valence-electron chi connectivity index (χ0n) is 9.86. The van der Waals surface area contributed by atoms with Crippen molar-refractivity contribution in [2.24, 2.45) is 5.92 Å². The van der Waals surface area contributed by atoms with Crippen molar-refractivity contribution in [2.45, 2.75) is 12.8 Å². The second-order valence-corrected chi connectivity index (χ2v) is 4.63. The van der Waals surface area contributed by atoms with Gasteiger partial charge in [-0.2, -0.15) is 0 Å². The van der Waals surface area contributed by atoms with Gasteiger partial charge in [-0.1, -0.05) is 6.07 Å². The molecule has 88 valence electrons. The Labute approximate surface area is 97.2 Å². The van der Waals surface area contributed by atoms with Crippen LogP contribution in [0.3, 0.4) is 0 Å². The van der Waals surface area contributed by atoms with Crippen molar-refractivity contribution in [2.75, 3.05) is 32.5 Å². The van der Waals surface area contributed by atoms with Gasteiger partial charge in [-0.25, -0.2) is 0 Å². The normalized spacial score (nSPS) is 15.4. The van der Waals surface area contributed by atoms with Crippen LogP contribution in [0.15, 0.2) is 24.3 Å². The molecule has 0 radical (unpaired) electrons. The van der Waals surface area contributed by atoms with Crippen molar-refractivity contribution in [1.29, 1.82) is 0 Å². The molecule has 1 fully saturated rings. The van der Waals surface area contributed by atoms with Gasteiger partial charge in [0.2, 0.25) is 0 Å². The molecule has 0 heterocycles. The molecular weight excluding hydrogens is 200 g/mol. The van der Waals surface area contributed by atoms with Crippen LogP contribution in [0.1, 0.15) is 12.8 Å². The molecule has 1 saturated carbocycles. The maximum absolute atomic E-state index is 5.67. The zero-order valence-corrected chi connectivity index (χ0v) is 9.86. The van der Waals surface area contributed by atoms with E-state index < -0.39 is 0 Å². The van der Waals surface area contributed by atoms with Crippen LogP contribution in [0.5, 0.6) is 5.75 Å². The summed E-state index contributed by atoms with van der Waals surface area (Å²) >= 11 is 0. The third kappa shape index (κ3) is 3.74. The number of likely N-dealkylation sites (N-methyl/N-ethyl adjacent to an activating group) is 1. The highest BCUT2D eigenvalue weighted by Crippen LogP contribution is 2.29. The van der Waals surface area contributed by atoms with Gasteiger partial charge in [0, 0.05) is 24.8 Å². The second-order valence-electron chi connectivity index (χ2n) is 4.63. The Kier molecular flexibility index (Phi) is 3.67. The van der Waals surface area contributed by atoms with Crippen LogP contribution < -0.4 is 10.5 Å². The minimum Gasteiger partial charge on any atom is -0.492 e. The molecular formula is C13H20N2O. The fourth-order valence-corrected chi connectivity index (χ4v) is 1.76. The largest absolute Gasteiger partial charge is 0.492 e. The lowest BCUT2D eigenvalue weighted by atomic mass is 10.3. The number of hydrogen-bond donors (Lipinski definition) is 1. The SMILES string of the molecule is CN(CCOc1cccc(N)c1)CC1CC1. The first-order valence-electron chi connectivity index (χ1n) is 5.91. The van der Waals surface area contributed by atoms with E-state index in [4.69, 9.17) is 10.5 Å². The number of nitrogens with zero attached hydrogens (tertiary/aromatic N) is 1. The Morgan fingerprint density at radius 2 is 2.25 bits per heavy atom. The summed E-state index contributed by atoms with van der Waals surface area (Å²) < 4.78 is 5.64. The van der Waals surface area contributed by atoms with Gasteiger partial charge in [-0.05, 0) is 37.9 Å². The monoisotopic (exact) mass is 220 g/mol. The number of benzene rings is 1. The summed E-state index contributed by atoms with van der Waals surface area (Å²) in [6, 6.07) is 7.59. The third-order valence-electron chi connectivity index (χ3n) is 2.87. The van der Waals surface area contributed by atoms with E-state index in [2.05, 4.69) is 11.9 Å². The van der Waals surface area contributed by atoms with E-state index in [9.17, 15) is 0 Å². The Bertz CT molecular complexity index is 336. The fraction of sp³-hybridized carbons (Fsp3) is 0.538. The van der Waals surface area contributed by atoms with E-state index in [0.717, 1.165) is 30.5 Å². The average molecular weight is 220 g/mol. The Hall–Kier alpha value is -1.22. The third-order valence-corrected chi connectivity index (χ3v) is 2.87. The molecule has 0 aliphatic heterocycles. The Balaban J connectivity index is 1.66. The molecule has 0 bridgehead atoms. The number of nitrogens with two attached hydrogens (primary N) is 1. The van der Waals surface area contributed by atoms with Crippen molar-refractivity contribution < 1.29 is 4.74 Å². The predicted molar refractivity (Wildman–Crippen MR) is 66.6 cm³/mol. The van der Waals surface area contributed by atoms with Gasteiger partial charge in [-0.15, -0.1) is 0 Å². The van der Waals surface area contributed by atoms with Gasteiger partial charge in [0.05, 0.1) is 0 Å². The summed E-state index contributed by atoms with van der Waals surface area (Å²) in [5, 5.41) is 0. The summed E-state index contributed by atoms with van der Waals surface area (Å²) in [6.45, 7) is 2.91. The van der Waals surface area contributed by atoms with E-state index in [1.165, 1.54) is 19.4 Å².